The Kier molecular flexibility index (Phi) is 4.62. The van der Waals surface area contributed by atoms with Gasteiger partial charge in [-0.25, -0.2) is 8.42 Å². The molecule has 0 aromatic heterocycles. The van der Waals surface area contributed by atoms with Crippen LogP contribution in [0.3, 0.4) is 0 Å². The van der Waals surface area contributed by atoms with E-state index in [1.165, 1.54) is 13.2 Å². The first-order valence-corrected chi connectivity index (χ1v) is 8.57. The van der Waals surface area contributed by atoms with E-state index in [4.69, 9.17) is 16.3 Å². The number of methoxy groups -OCH3 is 1. The van der Waals surface area contributed by atoms with Crippen LogP contribution in [0.4, 0.5) is 0 Å². The smallest absolute Gasteiger partial charge is 0.247 e. The molecule has 1 heterocycles. The van der Waals surface area contributed by atoms with E-state index in [1.54, 1.807) is 16.4 Å². The van der Waals surface area contributed by atoms with Crippen molar-refractivity contribution in [1.29, 1.82) is 0 Å². The molecule has 0 amide bonds. The Hall–Kier alpha value is -0.780. The normalized spacial score (nSPS) is 24.6. The molecule has 2 rings (SSSR count). The Labute approximate surface area is 125 Å². The van der Waals surface area contributed by atoms with Gasteiger partial charge in [0.2, 0.25) is 10.0 Å². The molecule has 0 unspecified atom stereocenters. The largest absolute Gasteiger partial charge is 0.495 e. The molecule has 1 aromatic carbocycles. The summed E-state index contributed by atoms with van der Waals surface area (Å²) in [7, 11) is -2.14. The molecule has 1 aliphatic heterocycles. The van der Waals surface area contributed by atoms with E-state index in [2.05, 4.69) is 0 Å². The number of hydrogen-bond donors (Lipinski definition) is 0. The van der Waals surface area contributed by atoms with Crippen LogP contribution in [-0.4, -0.2) is 31.9 Å². The predicted octanol–water partition coefficient (Wildman–Crippen LogP) is 3.30. The summed E-state index contributed by atoms with van der Waals surface area (Å²) in [5, 5.41) is 0.390. The van der Waals surface area contributed by atoms with E-state index in [-0.39, 0.29) is 17.0 Å². The number of nitrogens with zero attached hydrogens (tertiary/aromatic N) is 1. The van der Waals surface area contributed by atoms with Crippen LogP contribution < -0.4 is 4.74 Å². The van der Waals surface area contributed by atoms with Crippen LogP contribution in [0.15, 0.2) is 23.1 Å². The zero-order valence-corrected chi connectivity index (χ0v) is 13.5. The maximum absolute atomic E-state index is 12.9. The van der Waals surface area contributed by atoms with Crippen molar-refractivity contribution in [2.45, 2.75) is 50.1 Å². The third-order valence-corrected chi connectivity index (χ3v) is 6.18. The van der Waals surface area contributed by atoms with Gasteiger partial charge in [-0.05, 0) is 44.9 Å². The second-order valence-corrected chi connectivity index (χ2v) is 7.51. The van der Waals surface area contributed by atoms with Crippen molar-refractivity contribution >= 4 is 21.6 Å². The van der Waals surface area contributed by atoms with Crippen molar-refractivity contribution in [2.75, 3.05) is 7.11 Å². The molecule has 6 heteroatoms. The maximum Gasteiger partial charge on any atom is 0.247 e. The third kappa shape index (κ3) is 2.80. The van der Waals surface area contributed by atoms with E-state index < -0.39 is 10.0 Å². The molecule has 0 radical (unpaired) electrons. The van der Waals surface area contributed by atoms with Crippen molar-refractivity contribution in [3.05, 3.63) is 23.2 Å². The van der Waals surface area contributed by atoms with Gasteiger partial charge < -0.3 is 4.74 Å². The fraction of sp³-hybridized carbons (Fsp3) is 0.571. The molecule has 0 N–H and O–H groups in total. The number of hydrogen-bond acceptors (Lipinski definition) is 3. The van der Waals surface area contributed by atoms with Gasteiger partial charge in [0.05, 0.1) is 7.11 Å². The molecule has 20 heavy (non-hydrogen) atoms. The Morgan fingerprint density at radius 1 is 1.25 bits per heavy atom. The van der Waals surface area contributed by atoms with E-state index in [9.17, 15) is 8.42 Å². The Morgan fingerprint density at radius 2 is 1.85 bits per heavy atom. The van der Waals surface area contributed by atoms with E-state index in [0.717, 1.165) is 19.3 Å². The summed E-state index contributed by atoms with van der Waals surface area (Å²) in [4.78, 5) is 0.146. The second kappa shape index (κ2) is 5.92. The number of benzene rings is 1. The molecular weight excluding hydrogens is 298 g/mol. The summed E-state index contributed by atoms with van der Waals surface area (Å²) in [6, 6.07) is 4.67. The van der Waals surface area contributed by atoms with Crippen LogP contribution in [-0.2, 0) is 10.0 Å². The van der Waals surface area contributed by atoms with Crippen molar-refractivity contribution in [3.8, 4) is 5.75 Å². The average Bonchev–Trinajstić information content (AvgIpc) is 2.38. The van der Waals surface area contributed by atoms with E-state index in [1.807, 2.05) is 13.8 Å². The van der Waals surface area contributed by atoms with Crippen LogP contribution in [0.1, 0.15) is 33.1 Å². The topological polar surface area (TPSA) is 46.6 Å². The molecule has 1 fully saturated rings. The fourth-order valence-corrected chi connectivity index (χ4v) is 5.14. The lowest BCUT2D eigenvalue weighted by atomic mass is 10.0. The standard InChI is InChI=1S/C14H20ClNO3S/c1-10-5-4-6-11(2)16(10)20(17,18)14-9-12(15)7-8-13(14)19-3/h7-11H,4-6H2,1-3H3/t10-,11-/m0/s1. The number of piperidine rings is 1. The van der Waals surface area contributed by atoms with Crippen LogP contribution in [0.2, 0.25) is 5.02 Å². The Balaban J connectivity index is 2.51. The quantitative estimate of drug-likeness (QED) is 0.859. The highest BCUT2D eigenvalue weighted by Gasteiger charge is 2.37. The van der Waals surface area contributed by atoms with Gasteiger partial charge in [0, 0.05) is 17.1 Å². The van der Waals surface area contributed by atoms with Crippen molar-refractivity contribution < 1.29 is 13.2 Å². The van der Waals surface area contributed by atoms with Crippen molar-refractivity contribution in [2.24, 2.45) is 0 Å². The first-order valence-electron chi connectivity index (χ1n) is 6.75. The number of ether oxygens (including phenoxy) is 1. The lowest BCUT2D eigenvalue weighted by Gasteiger charge is -2.37. The van der Waals surface area contributed by atoms with E-state index >= 15 is 0 Å². The van der Waals surface area contributed by atoms with Gasteiger partial charge in [0.25, 0.3) is 0 Å². The molecule has 0 spiro atoms. The summed E-state index contributed by atoms with van der Waals surface area (Å²) in [5.41, 5.74) is 0. The molecule has 0 aliphatic carbocycles. The molecule has 2 atom stereocenters. The van der Waals surface area contributed by atoms with Gasteiger partial charge >= 0.3 is 0 Å². The molecule has 1 aromatic rings. The number of sulfonamides is 1. The number of halogens is 1. The SMILES string of the molecule is COc1ccc(Cl)cc1S(=O)(=O)N1[C@@H](C)CCC[C@@H]1C. The number of rotatable bonds is 3. The van der Waals surface area contributed by atoms with Crippen LogP contribution in [0.5, 0.6) is 5.75 Å². The van der Waals surface area contributed by atoms with Gasteiger partial charge in [0.1, 0.15) is 10.6 Å². The van der Waals surface area contributed by atoms with Crippen LogP contribution >= 0.6 is 11.6 Å². The van der Waals surface area contributed by atoms with Gasteiger partial charge in [-0.15, -0.1) is 0 Å². The van der Waals surface area contributed by atoms with Crippen molar-refractivity contribution in [3.63, 3.8) is 0 Å². The lowest BCUT2D eigenvalue weighted by molar-refractivity contribution is 0.203. The Morgan fingerprint density at radius 3 is 2.40 bits per heavy atom. The molecule has 0 saturated carbocycles. The maximum atomic E-state index is 12.9. The highest BCUT2D eigenvalue weighted by Crippen LogP contribution is 2.34. The average molecular weight is 318 g/mol. The van der Waals surface area contributed by atoms with Gasteiger partial charge in [0.15, 0.2) is 0 Å². The third-order valence-electron chi connectivity index (χ3n) is 3.79. The minimum absolute atomic E-state index is 0.00700. The van der Waals surface area contributed by atoms with Gasteiger partial charge in [-0.1, -0.05) is 18.0 Å². The van der Waals surface area contributed by atoms with Crippen molar-refractivity contribution in [1.82, 2.24) is 4.31 Å². The summed E-state index contributed by atoms with van der Waals surface area (Å²) < 4.78 is 32.6. The minimum Gasteiger partial charge on any atom is -0.495 e. The van der Waals surface area contributed by atoms with Gasteiger partial charge in [-0.2, -0.15) is 4.31 Å². The molecule has 1 saturated heterocycles. The highest BCUT2D eigenvalue weighted by molar-refractivity contribution is 7.89. The lowest BCUT2D eigenvalue weighted by Crippen LogP contribution is -2.47. The predicted molar refractivity (Wildman–Crippen MR) is 79.8 cm³/mol. The summed E-state index contributed by atoms with van der Waals surface area (Å²) in [5.74, 6) is 0.333. The fourth-order valence-electron chi connectivity index (χ4n) is 2.84. The molecule has 0 bridgehead atoms. The molecular formula is C14H20ClNO3S. The zero-order chi connectivity index (χ0) is 14.9. The van der Waals surface area contributed by atoms with E-state index in [0.29, 0.717) is 10.8 Å². The highest BCUT2D eigenvalue weighted by atomic mass is 35.5. The second-order valence-electron chi connectivity index (χ2n) is 5.26. The summed E-state index contributed by atoms with van der Waals surface area (Å²) in [6.45, 7) is 3.90. The molecule has 1 aliphatic rings. The van der Waals surface area contributed by atoms with Gasteiger partial charge in [-0.3, -0.25) is 0 Å². The Bertz CT molecular complexity index is 578. The summed E-state index contributed by atoms with van der Waals surface area (Å²) in [6.07, 6.45) is 2.82. The zero-order valence-electron chi connectivity index (χ0n) is 12.0. The molecule has 4 nitrogen and oxygen atoms in total. The first-order chi connectivity index (χ1) is 9.37. The monoisotopic (exact) mass is 317 g/mol. The molecule has 112 valence electrons. The van der Waals surface area contributed by atoms with Crippen LogP contribution in [0, 0.1) is 0 Å². The first kappa shape index (κ1) is 15.6. The summed E-state index contributed by atoms with van der Waals surface area (Å²) >= 11 is 5.95. The van der Waals surface area contributed by atoms with Crippen LogP contribution in [0.25, 0.3) is 0 Å². The minimum atomic E-state index is -3.60.